The fraction of sp³-hybridized carbons (Fsp3) is 0.400. The van der Waals surface area contributed by atoms with Gasteiger partial charge in [0, 0.05) is 24.5 Å². The molecule has 1 saturated heterocycles. The Morgan fingerprint density at radius 3 is 2.19 bits per heavy atom. The van der Waals surface area contributed by atoms with Crippen molar-refractivity contribution in [2.24, 2.45) is 0 Å². The highest BCUT2D eigenvalue weighted by Gasteiger charge is 2.21. The standard InChI is InChI=1S/C10H13IN2O2S/c11-12-9-1-3-10(4-2-9)13-5-7-16(14,15)8-6-13/h1-4,12H,5-8H2. The maximum absolute atomic E-state index is 11.3. The molecule has 0 unspecified atom stereocenters. The third-order valence-corrected chi connectivity index (χ3v) is 4.92. The maximum Gasteiger partial charge on any atom is 0.153 e. The van der Waals surface area contributed by atoms with Gasteiger partial charge in [-0.15, -0.1) is 0 Å². The predicted molar refractivity (Wildman–Crippen MR) is 75.0 cm³/mol. The summed E-state index contributed by atoms with van der Waals surface area (Å²) in [6.45, 7) is 1.19. The van der Waals surface area contributed by atoms with Crippen LogP contribution in [0, 0.1) is 0 Å². The van der Waals surface area contributed by atoms with Crippen LogP contribution in [0.4, 0.5) is 11.4 Å². The van der Waals surface area contributed by atoms with Gasteiger partial charge in [-0.1, -0.05) is 0 Å². The van der Waals surface area contributed by atoms with Crippen LogP contribution >= 0.6 is 22.9 Å². The van der Waals surface area contributed by atoms with Crippen LogP contribution in [-0.2, 0) is 9.84 Å². The molecule has 0 amide bonds. The van der Waals surface area contributed by atoms with Crippen LogP contribution in [0.5, 0.6) is 0 Å². The zero-order chi connectivity index (χ0) is 11.6. The Bertz CT molecular complexity index is 444. The van der Waals surface area contributed by atoms with E-state index in [1.807, 2.05) is 24.3 Å². The van der Waals surface area contributed by atoms with Crippen molar-refractivity contribution in [1.82, 2.24) is 0 Å². The highest BCUT2D eigenvalue weighted by molar-refractivity contribution is 14.1. The molecule has 6 heteroatoms. The Labute approximate surface area is 109 Å². The van der Waals surface area contributed by atoms with E-state index in [0.29, 0.717) is 13.1 Å². The summed E-state index contributed by atoms with van der Waals surface area (Å²) in [6.07, 6.45) is 0. The van der Waals surface area contributed by atoms with Crippen molar-refractivity contribution in [3.05, 3.63) is 24.3 Å². The number of hydrogen-bond acceptors (Lipinski definition) is 4. The Kier molecular flexibility index (Phi) is 3.58. The van der Waals surface area contributed by atoms with E-state index in [-0.39, 0.29) is 11.5 Å². The van der Waals surface area contributed by atoms with Crippen LogP contribution in [0.1, 0.15) is 0 Å². The van der Waals surface area contributed by atoms with Crippen molar-refractivity contribution in [2.75, 3.05) is 33.0 Å². The molecule has 1 aromatic rings. The number of anilines is 2. The quantitative estimate of drug-likeness (QED) is 0.650. The van der Waals surface area contributed by atoms with E-state index in [9.17, 15) is 8.42 Å². The average Bonchev–Trinajstić information content (AvgIpc) is 2.29. The van der Waals surface area contributed by atoms with Crippen LogP contribution in [0.3, 0.4) is 0 Å². The third kappa shape index (κ3) is 2.79. The van der Waals surface area contributed by atoms with E-state index in [4.69, 9.17) is 0 Å². The van der Waals surface area contributed by atoms with E-state index >= 15 is 0 Å². The molecule has 1 aliphatic rings. The number of sulfone groups is 1. The summed E-state index contributed by atoms with van der Waals surface area (Å²) in [4.78, 5) is 2.11. The summed E-state index contributed by atoms with van der Waals surface area (Å²) in [5, 5.41) is 0. The molecule has 0 atom stereocenters. The summed E-state index contributed by atoms with van der Waals surface area (Å²) in [5.41, 5.74) is 2.14. The van der Waals surface area contributed by atoms with Gasteiger partial charge in [0.05, 0.1) is 34.4 Å². The summed E-state index contributed by atoms with van der Waals surface area (Å²) in [6, 6.07) is 8.01. The lowest BCUT2D eigenvalue weighted by Gasteiger charge is -2.28. The van der Waals surface area contributed by atoms with Gasteiger partial charge in [-0.25, -0.2) is 8.42 Å². The molecule has 2 rings (SSSR count). The molecule has 1 aromatic carbocycles. The van der Waals surface area contributed by atoms with E-state index in [0.717, 1.165) is 11.4 Å². The minimum absolute atomic E-state index is 0.263. The molecule has 1 aliphatic heterocycles. The predicted octanol–water partition coefficient (Wildman–Crippen LogP) is 1.68. The lowest BCUT2D eigenvalue weighted by Crippen LogP contribution is -2.40. The van der Waals surface area contributed by atoms with E-state index in [1.165, 1.54) is 0 Å². The molecule has 4 nitrogen and oxygen atoms in total. The zero-order valence-corrected chi connectivity index (χ0v) is 11.7. The van der Waals surface area contributed by atoms with E-state index in [1.54, 1.807) is 0 Å². The van der Waals surface area contributed by atoms with Crippen LogP contribution in [-0.4, -0.2) is 33.0 Å². The molecule has 0 radical (unpaired) electrons. The van der Waals surface area contributed by atoms with Gasteiger partial charge in [0.15, 0.2) is 9.84 Å². The van der Waals surface area contributed by atoms with Gasteiger partial charge in [0.25, 0.3) is 0 Å². The lowest BCUT2D eigenvalue weighted by molar-refractivity contribution is 0.587. The lowest BCUT2D eigenvalue weighted by atomic mass is 10.2. The molecule has 1 N–H and O–H groups in total. The summed E-state index contributed by atoms with van der Waals surface area (Å²) in [5.74, 6) is 0.526. The van der Waals surface area contributed by atoms with Gasteiger partial charge >= 0.3 is 0 Å². The summed E-state index contributed by atoms with van der Waals surface area (Å²) < 4.78 is 25.6. The Morgan fingerprint density at radius 1 is 1.12 bits per heavy atom. The van der Waals surface area contributed by atoms with Gasteiger partial charge in [0.2, 0.25) is 0 Å². The third-order valence-electron chi connectivity index (χ3n) is 2.69. The van der Waals surface area contributed by atoms with Crippen molar-refractivity contribution < 1.29 is 8.42 Å². The topological polar surface area (TPSA) is 49.4 Å². The van der Waals surface area contributed by atoms with Gasteiger partial charge < -0.3 is 8.43 Å². The molecule has 16 heavy (non-hydrogen) atoms. The van der Waals surface area contributed by atoms with Gasteiger partial charge in [-0.2, -0.15) is 0 Å². The number of benzene rings is 1. The molecule has 1 fully saturated rings. The summed E-state index contributed by atoms with van der Waals surface area (Å²) >= 11 is 2.08. The first-order valence-electron chi connectivity index (χ1n) is 5.03. The molecule has 0 aromatic heterocycles. The largest absolute Gasteiger partial charge is 0.369 e. The second kappa shape index (κ2) is 4.79. The van der Waals surface area contributed by atoms with E-state index < -0.39 is 9.84 Å². The minimum atomic E-state index is -2.79. The summed E-state index contributed by atoms with van der Waals surface area (Å²) in [7, 11) is -2.79. The van der Waals surface area contributed by atoms with Crippen molar-refractivity contribution in [1.29, 1.82) is 0 Å². The smallest absolute Gasteiger partial charge is 0.153 e. The second-order valence-electron chi connectivity index (χ2n) is 3.78. The minimum Gasteiger partial charge on any atom is -0.369 e. The Hall–Kier alpha value is -0.500. The average molecular weight is 352 g/mol. The fourth-order valence-corrected chi connectivity index (χ4v) is 3.27. The fourth-order valence-electron chi connectivity index (χ4n) is 1.71. The van der Waals surface area contributed by atoms with Crippen LogP contribution in [0.2, 0.25) is 0 Å². The highest BCUT2D eigenvalue weighted by Crippen LogP contribution is 2.20. The maximum atomic E-state index is 11.3. The first-order chi connectivity index (χ1) is 7.61. The number of hydrogen-bond donors (Lipinski definition) is 1. The molecule has 1 heterocycles. The number of rotatable bonds is 2. The molecule has 0 aliphatic carbocycles. The molecular formula is C10H13IN2O2S. The number of nitrogens with one attached hydrogen (secondary N) is 1. The zero-order valence-electron chi connectivity index (χ0n) is 8.69. The number of halogens is 1. The Balaban J connectivity index is 2.08. The van der Waals surface area contributed by atoms with Gasteiger partial charge in [-0.05, 0) is 24.3 Å². The van der Waals surface area contributed by atoms with Crippen LogP contribution in [0.25, 0.3) is 0 Å². The molecule has 0 spiro atoms. The van der Waals surface area contributed by atoms with Gasteiger partial charge in [-0.3, -0.25) is 0 Å². The highest BCUT2D eigenvalue weighted by atomic mass is 127. The first-order valence-corrected chi connectivity index (χ1v) is 7.93. The normalized spacial score (nSPS) is 19.4. The molecule has 0 bridgehead atoms. The van der Waals surface area contributed by atoms with Crippen LogP contribution in [0.15, 0.2) is 24.3 Å². The van der Waals surface area contributed by atoms with Crippen molar-refractivity contribution >= 4 is 44.1 Å². The van der Waals surface area contributed by atoms with Crippen molar-refractivity contribution in [2.45, 2.75) is 0 Å². The first kappa shape index (κ1) is 12.0. The SMILES string of the molecule is O=S1(=O)CCN(c2ccc(NI)cc2)CC1. The van der Waals surface area contributed by atoms with Crippen molar-refractivity contribution in [3.8, 4) is 0 Å². The molecule has 0 saturated carbocycles. The van der Waals surface area contributed by atoms with Gasteiger partial charge in [0.1, 0.15) is 0 Å². The molecule has 88 valence electrons. The second-order valence-corrected chi connectivity index (χ2v) is 6.62. The monoisotopic (exact) mass is 352 g/mol. The van der Waals surface area contributed by atoms with Crippen LogP contribution < -0.4 is 8.43 Å². The number of nitrogens with zero attached hydrogens (tertiary/aromatic N) is 1. The van der Waals surface area contributed by atoms with E-state index in [2.05, 4.69) is 31.3 Å². The Morgan fingerprint density at radius 2 is 1.69 bits per heavy atom. The van der Waals surface area contributed by atoms with Crippen molar-refractivity contribution in [3.63, 3.8) is 0 Å². The molecular weight excluding hydrogens is 339 g/mol.